The lowest BCUT2D eigenvalue weighted by Gasteiger charge is -2.14. The first kappa shape index (κ1) is 12.4. The van der Waals surface area contributed by atoms with Gasteiger partial charge in [0.2, 0.25) is 0 Å². The van der Waals surface area contributed by atoms with E-state index in [-0.39, 0.29) is 18.7 Å². The molecule has 6 nitrogen and oxygen atoms in total. The molecule has 1 aromatic heterocycles. The van der Waals surface area contributed by atoms with Crippen LogP contribution in [-0.2, 0) is 4.74 Å². The number of rotatable bonds is 2. The van der Waals surface area contributed by atoms with Gasteiger partial charge in [0.15, 0.2) is 0 Å². The number of nitrogens with zero attached hydrogens (tertiary/aromatic N) is 1. The van der Waals surface area contributed by atoms with Gasteiger partial charge in [-0.25, -0.2) is 4.79 Å². The highest BCUT2D eigenvalue weighted by Gasteiger charge is 2.34. The second-order valence-corrected chi connectivity index (χ2v) is 4.50. The van der Waals surface area contributed by atoms with E-state index in [0.717, 1.165) is 5.56 Å². The summed E-state index contributed by atoms with van der Waals surface area (Å²) in [4.78, 5) is 14.2. The SMILES string of the molecule is Cc1cn([C@H]2CC(O)[C@@H](CO)O2)c(=O)[nH]c1=S. The van der Waals surface area contributed by atoms with E-state index < -0.39 is 18.4 Å². The summed E-state index contributed by atoms with van der Waals surface area (Å²) >= 11 is 4.95. The molecule has 1 unspecified atom stereocenters. The molecule has 0 aromatic carbocycles. The fourth-order valence-corrected chi connectivity index (χ4v) is 1.99. The summed E-state index contributed by atoms with van der Waals surface area (Å²) in [5.74, 6) is 0. The number of aromatic nitrogens is 2. The first-order valence-corrected chi connectivity index (χ1v) is 5.70. The maximum absolute atomic E-state index is 11.7. The quantitative estimate of drug-likeness (QED) is 0.642. The molecule has 1 aliphatic heterocycles. The highest BCUT2D eigenvalue weighted by molar-refractivity contribution is 7.71. The Morgan fingerprint density at radius 1 is 1.71 bits per heavy atom. The number of aromatic amines is 1. The first-order valence-electron chi connectivity index (χ1n) is 5.29. The van der Waals surface area contributed by atoms with E-state index in [2.05, 4.69) is 4.98 Å². The fourth-order valence-electron chi connectivity index (χ4n) is 1.85. The molecule has 0 bridgehead atoms. The van der Waals surface area contributed by atoms with Crippen molar-refractivity contribution in [3.05, 3.63) is 26.9 Å². The summed E-state index contributed by atoms with van der Waals surface area (Å²) in [6, 6.07) is 0. The van der Waals surface area contributed by atoms with Gasteiger partial charge in [0, 0.05) is 18.2 Å². The Bertz CT molecular complexity index is 524. The van der Waals surface area contributed by atoms with Gasteiger partial charge in [-0.1, -0.05) is 12.2 Å². The normalized spacial score (nSPS) is 28.5. The molecule has 17 heavy (non-hydrogen) atoms. The van der Waals surface area contributed by atoms with Gasteiger partial charge >= 0.3 is 5.69 Å². The number of aliphatic hydroxyl groups is 2. The van der Waals surface area contributed by atoms with Crippen LogP contribution < -0.4 is 5.69 Å². The smallest absolute Gasteiger partial charge is 0.328 e. The lowest BCUT2D eigenvalue weighted by atomic mass is 10.2. The van der Waals surface area contributed by atoms with Gasteiger partial charge in [0.25, 0.3) is 0 Å². The van der Waals surface area contributed by atoms with Crippen molar-refractivity contribution < 1.29 is 14.9 Å². The van der Waals surface area contributed by atoms with Gasteiger partial charge in [0.1, 0.15) is 17.0 Å². The van der Waals surface area contributed by atoms with Crippen LogP contribution in [0.25, 0.3) is 0 Å². The maximum atomic E-state index is 11.7. The van der Waals surface area contributed by atoms with E-state index in [0.29, 0.717) is 4.64 Å². The van der Waals surface area contributed by atoms with Crippen LogP contribution in [0.15, 0.2) is 11.0 Å². The lowest BCUT2D eigenvalue weighted by Crippen LogP contribution is -2.28. The monoisotopic (exact) mass is 258 g/mol. The number of ether oxygens (including phenoxy) is 1. The van der Waals surface area contributed by atoms with E-state index in [1.165, 1.54) is 4.57 Å². The van der Waals surface area contributed by atoms with Gasteiger partial charge in [-0.2, -0.15) is 0 Å². The summed E-state index contributed by atoms with van der Waals surface area (Å²) in [6.45, 7) is 1.51. The summed E-state index contributed by atoms with van der Waals surface area (Å²) in [6.07, 6.45) is -0.107. The molecule has 3 atom stereocenters. The lowest BCUT2D eigenvalue weighted by molar-refractivity contribution is -0.0459. The Labute approximate surface area is 102 Å². The van der Waals surface area contributed by atoms with Gasteiger partial charge in [-0.15, -0.1) is 0 Å². The molecule has 0 radical (unpaired) electrons. The molecule has 3 N–H and O–H groups in total. The second-order valence-electron chi connectivity index (χ2n) is 4.09. The summed E-state index contributed by atoms with van der Waals surface area (Å²) in [5, 5.41) is 18.6. The van der Waals surface area contributed by atoms with Crippen molar-refractivity contribution in [2.45, 2.75) is 31.8 Å². The first-order chi connectivity index (χ1) is 8.02. The zero-order valence-corrected chi connectivity index (χ0v) is 10.1. The number of H-pyrrole nitrogens is 1. The zero-order chi connectivity index (χ0) is 12.6. The van der Waals surface area contributed by atoms with Crippen molar-refractivity contribution >= 4 is 12.2 Å². The molecule has 1 aromatic rings. The average Bonchev–Trinajstić information content (AvgIpc) is 2.65. The van der Waals surface area contributed by atoms with Crippen molar-refractivity contribution in [1.29, 1.82) is 0 Å². The van der Waals surface area contributed by atoms with Crippen molar-refractivity contribution in [2.24, 2.45) is 0 Å². The Morgan fingerprint density at radius 2 is 2.41 bits per heavy atom. The van der Waals surface area contributed by atoms with Crippen LogP contribution in [0.4, 0.5) is 0 Å². The summed E-state index contributed by atoms with van der Waals surface area (Å²) in [5.41, 5.74) is 0.376. The standard InChI is InChI=1S/C10H14N2O4S/c1-5-3-12(10(15)11-9(5)17)8-2-6(14)7(4-13)16-8/h3,6-8,13-14H,2,4H2,1H3,(H,11,15,17)/t6?,7-,8-/m1/s1. The molecule has 2 rings (SSSR count). The van der Waals surface area contributed by atoms with Crippen LogP contribution in [0.2, 0.25) is 0 Å². The highest BCUT2D eigenvalue weighted by atomic mass is 32.1. The van der Waals surface area contributed by atoms with Crippen molar-refractivity contribution in [3.63, 3.8) is 0 Å². The molecule has 0 spiro atoms. The third-order valence-corrected chi connectivity index (χ3v) is 3.26. The minimum atomic E-state index is -0.764. The van der Waals surface area contributed by atoms with Gasteiger partial charge in [0.05, 0.1) is 12.7 Å². The van der Waals surface area contributed by atoms with Crippen LogP contribution in [0.5, 0.6) is 0 Å². The molecule has 1 fully saturated rings. The molecule has 0 aliphatic carbocycles. The summed E-state index contributed by atoms with van der Waals surface area (Å²) < 4.78 is 7.14. The van der Waals surface area contributed by atoms with Gasteiger partial charge in [-0.3, -0.25) is 9.55 Å². The molecule has 1 aliphatic rings. The van der Waals surface area contributed by atoms with Gasteiger partial charge < -0.3 is 14.9 Å². The van der Waals surface area contributed by atoms with E-state index in [1.54, 1.807) is 13.1 Å². The van der Waals surface area contributed by atoms with Crippen LogP contribution in [-0.4, -0.2) is 38.6 Å². The van der Waals surface area contributed by atoms with E-state index >= 15 is 0 Å². The fraction of sp³-hybridized carbons (Fsp3) is 0.600. The van der Waals surface area contributed by atoms with Crippen LogP contribution in [0.3, 0.4) is 0 Å². The number of hydrogen-bond acceptors (Lipinski definition) is 5. The minimum absolute atomic E-state index is 0.270. The largest absolute Gasteiger partial charge is 0.394 e. The predicted octanol–water partition coefficient (Wildman–Crippen LogP) is -0.145. The van der Waals surface area contributed by atoms with Crippen molar-refractivity contribution in [3.8, 4) is 0 Å². The van der Waals surface area contributed by atoms with Crippen LogP contribution >= 0.6 is 12.2 Å². The van der Waals surface area contributed by atoms with E-state index in [9.17, 15) is 9.90 Å². The minimum Gasteiger partial charge on any atom is -0.394 e. The molecule has 2 heterocycles. The topological polar surface area (TPSA) is 87.5 Å². The maximum Gasteiger partial charge on any atom is 0.328 e. The Balaban J connectivity index is 2.34. The Kier molecular flexibility index (Phi) is 3.43. The molecule has 7 heteroatoms. The molecule has 0 amide bonds. The van der Waals surface area contributed by atoms with Crippen molar-refractivity contribution in [1.82, 2.24) is 9.55 Å². The molecule has 0 saturated carbocycles. The highest BCUT2D eigenvalue weighted by Crippen LogP contribution is 2.27. The van der Waals surface area contributed by atoms with E-state index in [4.69, 9.17) is 22.1 Å². The van der Waals surface area contributed by atoms with E-state index in [1.807, 2.05) is 0 Å². The molecule has 1 saturated heterocycles. The number of aryl methyl sites for hydroxylation is 1. The third-order valence-electron chi connectivity index (χ3n) is 2.84. The van der Waals surface area contributed by atoms with Crippen LogP contribution in [0, 0.1) is 11.6 Å². The average molecular weight is 258 g/mol. The van der Waals surface area contributed by atoms with Crippen LogP contribution in [0.1, 0.15) is 18.2 Å². The Hall–Kier alpha value is -1.02. The third kappa shape index (κ3) is 2.32. The Morgan fingerprint density at radius 3 is 3.00 bits per heavy atom. The van der Waals surface area contributed by atoms with Crippen molar-refractivity contribution in [2.75, 3.05) is 6.61 Å². The molecular weight excluding hydrogens is 244 g/mol. The summed E-state index contributed by atoms with van der Waals surface area (Å²) in [7, 11) is 0. The number of aliphatic hydroxyl groups excluding tert-OH is 2. The second kappa shape index (κ2) is 4.69. The zero-order valence-electron chi connectivity index (χ0n) is 9.29. The predicted molar refractivity (Wildman–Crippen MR) is 62.2 cm³/mol. The molecule has 94 valence electrons. The number of nitrogens with one attached hydrogen (secondary N) is 1. The van der Waals surface area contributed by atoms with Gasteiger partial charge in [-0.05, 0) is 6.92 Å². The number of hydrogen-bond donors (Lipinski definition) is 3. The molecular formula is C10H14N2O4S.